The zero-order chi connectivity index (χ0) is 21.6. The number of hydrogen-bond donors (Lipinski definition) is 1. The highest BCUT2D eigenvalue weighted by atomic mass is 35.5. The number of carbonyl (C=O) groups excluding carboxylic acids is 1. The first-order chi connectivity index (χ1) is 15.1. The number of benzene rings is 3. The summed E-state index contributed by atoms with van der Waals surface area (Å²) in [5, 5.41) is 7.54. The number of rotatable bonds is 7. The number of nitrogens with zero attached hydrogens (tertiary/aromatic N) is 2. The number of nitrogens with one attached hydrogen (secondary N) is 1. The van der Waals surface area contributed by atoms with Crippen molar-refractivity contribution in [3.63, 3.8) is 0 Å². The molecular weight excluding hydrogens is 414 g/mol. The SMILES string of the molecule is Cc1ccc(-c2noc(COc3ccccc3C(=O)NCc3ccc(Cl)cc3)n2)cc1. The fourth-order valence-electron chi connectivity index (χ4n) is 2.93. The van der Waals surface area contributed by atoms with Crippen molar-refractivity contribution in [3.8, 4) is 17.1 Å². The number of halogens is 1. The predicted octanol–water partition coefficient (Wildman–Crippen LogP) is 5.21. The van der Waals surface area contributed by atoms with Crippen molar-refractivity contribution >= 4 is 17.5 Å². The molecule has 1 N–H and O–H groups in total. The first kappa shape index (κ1) is 20.6. The third kappa shape index (κ3) is 5.29. The van der Waals surface area contributed by atoms with Crippen LogP contribution in [-0.2, 0) is 13.2 Å². The molecule has 4 aromatic rings. The van der Waals surface area contributed by atoms with Gasteiger partial charge in [0.25, 0.3) is 11.8 Å². The Morgan fingerprint density at radius 3 is 2.55 bits per heavy atom. The molecule has 7 heteroatoms. The maximum Gasteiger partial charge on any atom is 0.264 e. The highest BCUT2D eigenvalue weighted by Gasteiger charge is 2.14. The van der Waals surface area contributed by atoms with Crippen LogP contribution in [0, 0.1) is 6.92 Å². The summed E-state index contributed by atoms with van der Waals surface area (Å²) in [5.41, 5.74) is 3.39. The fourth-order valence-corrected chi connectivity index (χ4v) is 3.06. The molecule has 0 fully saturated rings. The van der Waals surface area contributed by atoms with Gasteiger partial charge in [-0.15, -0.1) is 0 Å². The van der Waals surface area contributed by atoms with E-state index in [2.05, 4.69) is 15.5 Å². The molecular formula is C24H20ClN3O3. The van der Waals surface area contributed by atoms with Crippen LogP contribution in [0.5, 0.6) is 5.75 Å². The van der Waals surface area contributed by atoms with E-state index in [0.29, 0.717) is 34.6 Å². The lowest BCUT2D eigenvalue weighted by atomic mass is 10.1. The van der Waals surface area contributed by atoms with E-state index in [9.17, 15) is 4.79 Å². The van der Waals surface area contributed by atoms with Crippen LogP contribution in [-0.4, -0.2) is 16.0 Å². The number of ether oxygens (including phenoxy) is 1. The minimum Gasteiger partial charge on any atom is -0.483 e. The Kier molecular flexibility index (Phi) is 6.29. The molecule has 156 valence electrons. The zero-order valence-electron chi connectivity index (χ0n) is 16.8. The number of carbonyl (C=O) groups is 1. The van der Waals surface area contributed by atoms with Crippen molar-refractivity contribution in [2.24, 2.45) is 0 Å². The maximum atomic E-state index is 12.7. The molecule has 0 saturated carbocycles. The lowest BCUT2D eigenvalue weighted by Gasteiger charge is -2.10. The second-order valence-electron chi connectivity index (χ2n) is 6.97. The van der Waals surface area contributed by atoms with Crippen LogP contribution in [0.4, 0.5) is 0 Å². The maximum absolute atomic E-state index is 12.7. The van der Waals surface area contributed by atoms with Crippen molar-refractivity contribution in [1.29, 1.82) is 0 Å². The summed E-state index contributed by atoms with van der Waals surface area (Å²) in [6.07, 6.45) is 0. The van der Waals surface area contributed by atoms with Gasteiger partial charge in [-0.3, -0.25) is 4.79 Å². The summed E-state index contributed by atoms with van der Waals surface area (Å²) in [5.74, 6) is 1.02. The average molecular weight is 434 g/mol. The van der Waals surface area contributed by atoms with Crippen LogP contribution in [0.3, 0.4) is 0 Å². The van der Waals surface area contributed by atoms with Crippen molar-refractivity contribution in [2.45, 2.75) is 20.1 Å². The van der Waals surface area contributed by atoms with E-state index in [1.807, 2.05) is 43.3 Å². The molecule has 1 amide bonds. The average Bonchev–Trinajstić information content (AvgIpc) is 3.27. The van der Waals surface area contributed by atoms with Gasteiger partial charge in [0.05, 0.1) is 5.56 Å². The fraction of sp³-hybridized carbons (Fsp3) is 0.125. The topological polar surface area (TPSA) is 77.2 Å². The van der Waals surface area contributed by atoms with E-state index in [1.54, 1.807) is 36.4 Å². The Morgan fingerprint density at radius 2 is 1.77 bits per heavy atom. The van der Waals surface area contributed by atoms with Gasteiger partial charge in [-0.05, 0) is 36.8 Å². The molecule has 0 radical (unpaired) electrons. The number of aromatic nitrogens is 2. The normalized spacial score (nSPS) is 10.6. The van der Waals surface area contributed by atoms with Crippen molar-refractivity contribution in [3.05, 3.63) is 100 Å². The van der Waals surface area contributed by atoms with Crippen LogP contribution < -0.4 is 10.1 Å². The Labute approximate surface area is 184 Å². The molecule has 4 rings (SSSR count). The molecule has 6 nitrogen and oxygen atoms in total. The molecule has 1 aromatic heterocycles. The van der Waals surface area contributed by atoms with Crippen molar-refractivity contribution in [2.75, 3.05) is 0 Å². The number of aryl methyl sites for hydroxylation is 1. The van der Waals surface area contributed by atoms with E-state index in [1.165, 1.54) is 0 Å². The second-order valence-corrected chi connectivity index (χ2v) is 7.41. The van der Waals surface area contributed by atoms with E-state index in [-0.39, 0.29) is 12.5 Å². The second kappa shape index (κ2) is 9.45. The van der Waals surface area contributed by atoms with E-state index >= 15 is 0 Å². The Hall–Kier alpha value is -3.64. The molecule has 31 heavy (non-hydrogen) atoms. The first-order valence-electron chi connectivity index (χ1n) is 9.72. The third-order valence-corrected chi connectivity index (χ3v) is 4.88. The Balaban J connectivity index is 1.40. The predicted molar refractivity (Wildman–Crippen MR) is 118 cm³/mol. The number of para-hydroxylation sites is 1. The Bertz CT molecular complexity index is 1170. The minimum absolute atomic E-state index is 0.0559. The summed E-state index contributed by atoms with van der Waals surface area (Å²) >= 11 is 5.90. The molecule has 3 aromatic carbocycles. The molecule has 0 aliphatic heterocycles. The molecule has 0 aliphatic carbocycles. The van der Waals surface area contributed by atoms with Gasteiger partial charge >= 0.3 is 0 Å². The Morgan fingerprint density at radius 1 is 1.03 bits per heavy atom. The standard InChI is InChI=1S/C24H20ClN3O3/c1-16-6-10-18(11-7-16)23-27-22(31-28-23)15-30-21-5-3-2-4-20(21)24(29)26-14-17-8-12-19(25)13-9-17/h2-13H,14-15H2,1H3,(H,26,29). The van der Waals surface area contributed by atoms with Gasteiger partial charge in [0.2, 0.25) is 5.82 Å². The van der Waals surface area contributed by atoms with Gasteiger partial charge in [0.1, 0.15) is 5.75 Å². The third-order valence-electron chi connectivity index (χ3n) is 4.63. The monoisotopic (exact) mass is 433 g/mol. The molecule has 0 saturated heterocycles. The molecule has 0 spiro atoms. The zero-order valence-corrected chi connectivity index (χ0v) is 17.6. The molecule has 0 aliphatic rings. The van der Waals surface area contributed by atoms with Gasteiger partial charge in [-0.25, -0.2) is 0 Å². The lowest BCUT2D eigenvalue weighted by molar-refractivity contribution is 0.0945. The summed E-state index contributed by atoms with van der Waals surface area (Å²) < 4.78 is 11.1. The summed E-state index contributed by atoms with van der Waals surface area (Å²) in [6.45, 7) is 2.45. The van der Waals surface area contributed by atoms with E-state index in [0.717, 1.165) is 16.7 Å². The number of amides is 1. The molecule has 0 bridgehead atoms. The van der Waals surface area contributed by atoms with E-state index < -0.39 is 0 Å². The van der Waals surface area contributed by atoms with Crippen molar-refractivity contribution < 1.29 is 14.1 Å². The van der Waals surface area contributed by atoms with Gasteiger partial charge in [-0.1, -0.05) is 70.9 Å². The summed E-state index contributed by atoms with van der Waals surface area (Å²) in [7, 11) is 0. The highest BCUT2D eigenvalue weighted by Crippen LogP contribution is 2.21. The summed E-state index contributed by atoms with van der Waals surface area (Å²) in [6, 6.07) is 22.2. The molecule has 1 heterocycles. The van der Waals surface area contributed by atoms with Gasteiger partial charge in [0.15, 0.2) is 6.61 Å². The van der Waals surface area contributed by atoms with Crippen LogP contribution in [0.1, 0.15) is 27.4 Å². The van der Waals surface area contributed by atoms with Crippen LogP contribution >= 0.6 is 11.6 Å². The smallest absolute Gasteiger partial charge is 0.264 e. The highest BCUT2D eigenvalue weighted by molar-refractivity contribution is 6.30. The minimum atomic E-state index is -0.239. The number of hydrogen-bond acceptors (Lipinski definition) is 5. The first-order valence-corrected chi connectivity index (χ1v) is 10.1. The van der Waals surface area contributed by atoms with Gasteiger partial charge in [0, 0.05) is 17.1 Å². The lowest BCUT2D eigenvalue weighted by Crippen LogP contribution is -2.23. The van der Waals surface area contributed by atoms with Crippen LogP contribution in [0.25, 0.3) is 11.4 Å². The van der Waals surface area contributed by atoms with E-state index in [4.69, 9.17) is 20.9 Å². The van der Waals surface area contributed by atoms with Crippen molar-refractivity contribution in [1.82, 2.24) is 15.5 Å². The van der Waals surface area contributed by atoms with Crippen LogP contribution in [0.2, 0.25) is 5.02 Å². The molecule has 0 unspecified atom stereocenters. The van der Waals surface area contributed by atoms with Crippen LogP contribution in [0.15, 0.2) is 77.3 Å². The summed E-state index contributed by atoms with van der Waals surface area (Å²) in [4.78, 5) is 17.0. The van der Waals surface area contributed by atoms with Gasteiger partial charge in [-0.2, -0.15) is 4.98 Å². The van der Waals surface area contributed by atoms with Gasteiger partial charge < -0.3 is 14.6 Å². The molecule has 0 atom stereocenters. The quantitative estimate of drug-likeness (QED) is 0.433. The largest absolute Gasteiger partial charge is 0.483 e.